The van der Waals surface area contributed by atoms with Crippen molar-refractivity contribution in [1.29, 1.82) is 0 Å². The Hall–Kier alpha value is -1.26. The van der Waals surface area contributed by atoms with E-state index < -0.39 is 0 Å². The summed E-state index contributed by atoms with van der Waals surface area (Å²) in [6.45, 7) is 1.59. The molecule has 5 heteroatoms. The molecule has 1 amide bonds. The molecule has 0 aromatic heterocycles. The molecule has 0 radical (unpaired) electrons. The summed E-state index contributed by atoms with van der Waals surface area (Å²) in [7, 11) is 1.82. The van der Waals surface area contributed by atoms with Crippen LogP contribution in [-0.4, -0.2) is 37.6 Å². The van der Waals surface area contributed by atoms with Gasteiger partial charge in [-0.05, 0) is 37.4 Å². The average Bonchev–Trinajstić information content (AvgIpc) is 2.96. The molecule has 0 heterocycles. The third-order valence-electron chi connectivity index (χ3n) is 4.18. The van der Waals surface area contributed by atoms with Gasteiger partial charge in [0.05, 0.1) is 11.6 Å². The maximum atomic E-state index is 12.4. The lowest BCUT2D eigenvalue weighted by molar-refractivity contribution is -0.135. The molecule has 0 aliphatic heterocycles. The van der Waals surface area contributed by atoms with Gasteiger partial charge >= 0.3 is 0 Å². The minimum Gasteiger partial charge on any atom is -0.490 e. The van der Waals surface area contributed by atoms with E-state index in [0.717, 1.165) is 19.3 Å². The van der Waals surface area contributed by atoms with Crippen molar-refractivity contribution in [3.05, 3.63) is 29.3 Å². The molecule has 4 nitrogen and oxygen atoms in total. The molecule has 0 bridgehead atoms. The lowest BCUT2D eigenvalue weighted by Crippen LogP contribution is -2.38. The van der Waals surface area contributed by atoms with E-state index in [9.17, 15) is 4.79 Å². The zero-order valence-corrected chi connectivity index (χ0v) is 13.2. The van der Waals surface area contributed by atoms with E-state index in [1.54, 1.807) is 11.0 Å². The minimum atomic E-state index is 0.0836. The molecular formula is C16H23ClN2O2. The standard InChI is InChI=1S/C16H23ClN2O2/c1-19(16(20)13-6-4-5-12(13)11-18)9-10-21-15-8-3-2-7-14(15)17/h2-3,7-8,12-13H,4-6,9-11,18H2,1H3/t12-,13-/m1/s1. The van der Waals surface area contributed by atoms with Gasteiger partial charge in [0.1, 0.15) is 12.4 Å². The Morgan fingerprint density at radius 3 is 2.90 bits per heavy atom. The second-order valence-corrected chi connectivity index (χ2v) is 5.98. The maximum absolute atomic E-state index is 12.4. The highest BCUT2D eigenvalue weighted by atomic mass is 35.5. The Morgan fingerprint density at radius 2 is 2.19 bits per heavy atom. The van der Waals surface area contributed by atoms with Gasteiger partial charge < -0.3 is 15.4 Å². The molecule has 1 aromatic carbocycles. The molecule has 0 saturated heterocycles. The molecule has 0 unspecified atom stereocenters. The fourth-order valence-electron chi connectivity index (χ4n) is 2.89. The number of ether oxygens (including phenoxy) is 1. The monoisotopic (exact) mass is 310 g/mol. The number of benzene rings is 1. The van der Waals surface area contributed by atoms with Crippen molar-refractivity contribution in [3.8, 4) is 5.75 Å². The summed E-state index contributed by atoms with van der Waals surface area (Å²) in [6.07, 6.45) is 3.12. The van der Waals surface area contributed by atoms with Crippen LogP contribution < -0.4 is 10.5 Å². The largest absolute Gasteiger partial charge is 0.490 e. The predicted octanol–water partition coefficient (Wildman–Crippen LogP) is 2.55. The zero-order chi connectivity index (χ0) is 15.2. The van der Waals surface area contributed by atoms with Crippen molar-refractivity contribution in [2.75, 3.05) is 26.7 Å². The SMILES string of the molecule is CN(CCOc1ccccc1Cl)C(=O)[C@@H]1CCC[C@@H]1CN. The third kappa shape index (κ3) is 4.11. The first-order valence-corrected chi connectivity index (χ1v) is 7.83. The molecule has 1 aromatic rings. The Labute approximate surface area is 131 Å². The van der Waals surface area contributed by atoms with Crippen LogP contribution >= 0.6 is 11.6 Å². The van der Waals surface area contributed by atoms with Crippen LogP contribution in [0, 0.1) is 11.8 Å². The molecule has 1 saturated carbocycles. The van der Waals surface area contributed by atoms with Crippen molar-refractivity contribution >= 4 is 17.5 Å². The number of amides is 1. The van der Waals surface area contributed by atoms with Crippen LogP contribution in [0.4, 0.5) is 0 Å². The first-order chi connectivity index (χ1) is 10.1. The summed E-state index contributed by atoms with van der Waals surface area (Å²) in [6, 6.07) is 7.35. The Kier molecular flexibility index (Phi) is 5.88. The maximum Gasteiger partial charge on any atom is 0.225 e. The van der Waals surface area contributed by atoms with Gasteiger partial charge in [-0.15, -0.1) is 0 Å². The Balaban J connectivity index is 1.80. The number of hydrogen-bond donors (Lipinski definition) is 1. The molecule has 2 N–H and O–H groups in total. The normalized spacial score (nSPS) is 21.3. The highest BCUT2D eigenvalue weighted by Crippen LogP contribution is 2.32. The first-order valence-electron chi connectivity index (χ1n) is 7.46. The quantitative estimate of drug-likeness (QED) is 0.878. The molecule has 21 heavy (non-hydrogen) atoms. The predicted molar refractivity (Wildman–Crippen MR) is 84.5 cm³/mol. The molecule has 1 aliphatic rings. The van der Waals surface area contributed by atoms with Crippen LogP contribution in [0.1, 0.15) is 19.3 Å². The Bertz CT molecular complexity index is 481. The zero-order valence-electron chi connectivity index (χ0n) is 12.4. The van der Waals surface area contributed by atoms with E-state index >= 15 is 0 Å². The molecule has 2 atom stereocenters. The van der Waals surface area contributed by atoms with Crippen LogP contribution in [0.5, 0.6) is 5.75 Å². The number of likely N-dealkylation sites (N-methyl/N-ethyl adjacent to an activating group) is 1. The number of nitrogens with two attached hydrogens (primary N) is 1. The highest BCUT2D eigenvalue weighted by molar-refractivity contribution is 6.32. The summed E-state index contributed by atoms with van der Waals surface area (Å²) < 4.78 is 5.62. The molecule has 116 valence electrons. The summed E-state index contributed by atoms with van der Waals surface area (Å²) in [5, 5.41) is 0.588. The number of carbonyl (C=O) groups is 1. The van der Waals surface area contributed by atoms with Crippen molar-refractivity contribution < 1.29 is 9.53 Å². The Morgan fingerprint density at radius 1 is 1.43 bits per heavy atom. The van der Waals surface area contributed by atoms with Crippen LogP contribution in [0.2, 0.25) is 5.02 Å². The summed E-state index contributed by atoms with van der Waals surface area (Å²) in [4.78, 5) is 14.2. The number of rotatable bonds is 6. The van der Waals surface area contributed by atoms with Gasteiger partial charge in [-0.1, -0.05) is 30.2 Å². The van der Waals surface area contributed by atoms with Gasteiger partial charge in [-0.25, -0.2) is 0 Å². The van der Waals surface area contributed by atoms with E-state index in [0.29, 0.717) is 36.4 Å². The summed E-state index contributed by atoms with van der Waals surface area (Å²) >= 11 is 6.02. The fourth-order valence-corrected chi connectivity index (χ4v) is 3.08. The van der Waals surface area contributed by atoms with Gasteiger partial charge in [0, 0.05) is 13.0 Å². The minimum absolute atomic E-state index is 0.0836. The van der Waals surface area contributed by atoms with E-state index in [-0.39, 0.29) is 11.8 Å². The molecule has 0 spiro atoms. The van der Waals surface area contributed by atoms with E-state index in [1.807, 2.05) is 25.2 Å². The average molecular weight is 311 g/mol. The molecule has 2 rings (SSSR count). The molecule has 1 fully saturated rings. The summed E-state index contributed by atoms with van der Waals surface area (Å²) in [5.41, 5.74) is 5.74. The number of para-hydroxylation sites is 1. The van der Waals surface area contributed by atoms with Crippen molar-refractivity contribution in [3.63, 3.8) is 0 Å². The van der Waals surface area contributed by atoms with Gasteiger partial charge in [0.25, 0.3) is 0 Å². The first kappa shape index (κ1) is 16.1. The van der Waals surface area contributed by atoms with Crippen LogP contribution in [0.15, 0.2) is 24.3 Å². The van der Waals surface area contributed by atoms with E-state index in [1.165, 1.54) is 0 Å². The lowest BCUT2D eigenvalue weighted by atomic mass is 9.95. The second-order valence-electron chi connectivity index (χ2n) is 5.57. The van der Waals surface area contributed by atoms with Crippen LogP contribution in [0.3, 0.4) is 0 Å². The number of hydrogen-bond acceptors (Lipinski definition) is 3. The topological polar surface area (TPSA) is 55.6 Å². The highest BCUT2D eigenvalue weighted by Gasteiger charge is 2.33. The fraction of sp³-hybridized carbons (Fsp3) is 0.562. The number of carbonyl (C=O) groups excluding carboxylic acids is 1. The summed E-state index contributed by atoms with van der Waals surface area (Å²) in [5.74, 6) is 1.26. The van der Waals surface area contributed by atoms with Crippen LogP contribution in [-0.2, 0) is 4.79 Å². The lowest BCUT2D eigenvalue weighted by Gasteiger charge is -2.24. The van der Waals surface area contributed by atoms with Gasteiger partial charge in [-0.3, -0.25) is 4.79 Å². The van der Waals surface area contributed by atoms with Crippen LogP contribution in [0.25, 0.3) is 0 Å². The smallest absolute Gasteiger partial charge is 0.225 e. The van der Waals surface area contributed by atoms with E-state index in [4.69, 9.17) is 22.1 Å². The van der Waals surface area contributed by atoms with Gasteiger partial charge in [0.15, 0.2) is 0 Å². The third-order valence-corrected chi connectivity index (χ3v) is 4.49. The van der Waals surface area contributed by atoms with Crippen molar-refractivity contribution in [2.24, 2.45) is 17.6 Å². The van der Waals surface area contributed by atoms with Crippen molar-refractivity contribution in [2.45, 2.75) is 19.3 Å². The second kappa shape index (κ2) is 7.66. The number of halogens is 1. The number of nitrogens with zero attached hydrogens (tertiary/aromatic N) is 1. The molecule has 1 aliphatic carbocycles. The van der Waals surface area contributed by atoms with Crippen molar-refractivity contribution in [1.82, 2.24) is 4.90 Å². The molecular weight excluding hydrogens is 288 g/mol. The van der Waals surface area contributed by atoms with E-state index in [2.05, 4.69) is 0 Å². The van der Waals surface area contributed by atoms with Gasteiger partial charge in [0.2, 0.25) is 5.91 Å². The van der Waals surface area contributed by atoms with Gasteiger partial charge in [-0.2, -0.15) is 0 Å².